The predicted molar refractivity (Wildman–Crippen MR) is 71.9 cm³/mol. The van der Waals surface area contributed by atoms with Crippen molar-refractivity contribution in [1.82, 2.24) is 14.9 Å². The zero-order chi connectivity index (χ0) is 13.7. The van der Waals surface area contributed by atoms with E-state index in [0.29, 0.717) is 11.6 Å². The van der Waals surface area contributed by atoms with E-state index >= 15 is 0 Å². The van der Waals surface area contributed by atoms with Crippen molar-refractivity contribution in [3.8, 4) is 0 Å². The van der Waals surface area contributed by atoms with Gasteiger partial charge in [0, 0.05) is 25.9 Å². The Morgan fingerprint density at radius 3 is 3.00 bits per heavy atom. The molecule has 1 atom stereocenters. The van der Waals surface area contributed by atoms with E-state index in [2.05, 4.69) is 9.97 Å². The number of hydrogen-bond donors (Lipinski definition) is 0. The molecule has 2 rings (SSSR count). The first-order valence-electron chi connectivity index (χ1n) is 6.86. The standard InChI is InChI=1S/C14H21N3O2/c1-3-19-10-12-5-4-6-17(9-12)14(18)13-8-15-11(2)7-16-13/h7-8,12H,3-6,9-10H2,1-2H3. The van der Waals surface area contributed by atoms with Gasteiger partial charge in [-0.2, -0.15) is 0 Å². The van der Waals surface area contributed by atoms with E-state index < -0.39 is 0 Å². The minimum absolute atomic E-state index is 0.0197. The molecule has 0 N–H and O–H groups in total. The molecule has 1 aromatic rings. The van der Waals surface area contributed by atoms with Crippen molar-refractivity contribution in [1.29, 1.82) is 0 Å². The average Bonchev–Trinajstić information content (AvgIpc) is 2.45. The molecule has 0 spiro atoms. The molecule has 104 valence electrons. The lowest BCUT2D eigenvalue weighted by Crippen LogP contribution is -2.41. The molecule has 19 heavy (non-hydrogen) atoms. The lowest BCUT2D eigenvalue weighted by molar-refractivity contribution is 0.0496. The highest BCUT2D eigenvalue weighted by Gasteiger charge is 2.25. The summed E-state index contributed by atoms with van der Waals surface area (Å²) >= 11 is 0. The van der Waals surface area contributed by atoms with Crippen LogP contribution in [-0.2, 0) is 4.74 Å². The van der Waals surface area contributed by atoms with Crippen molar-refractivity contribution in [3.63, 3.8) is 0 Å². The maximum Gasteiger partial charge on any atom is 0.274 e. The van der Waals surface area contributed by atoms with Crippen molar-refractivity contribution >= 4 is 5.91 Å². The minimum Gasteiger partial charge on any atom is -0.381 e. The maximum atomic E-state index is 12.3. The third-order valence-electron chi connectivity index (χ3n) is 3.36. The normalized spacial score (nSPS) is 19.5. The summed E-state index contributed by atoms with van der Waals surface area (Å²) < 4.78 is 5.46. The summed E-state index contributed by atoms with van der Waals surface area (Å²) in [5.41, 5.74) is 1.26. The molecule has 0 bridgehead atoms. The quantitative estimate of drug-likeness (QED) is 0.829. The van der Waals surface area contributed by atoms with Gasteiger partial charge in [-0.25, -0.2) is 4.98 Å². The third kappa shape index (κ3) is 3.73. The Labute approximate surface area is 114 Å². The summed E-state index contributed by atoms with van der Waals surface area (Å²) in [6.45, 7) is 6.88. The summed E-state index contributed by atoms with van der Waals surface area (Å²) in [5.74, 6) is 0.421. The van der Waals surface area contributed by atoms with E-state index in [1.54, 1.807) is 12.4 Å². The summed E-state index contributed by atoms with van der Waals surface area (Å²) in [7, 11) is 0. The van der Waals surface area contributed by atoms with E-state index in [4.69, 9.17) is 4.74 Å². The number of aryl methyl sites for hydroxylation is 1. The second-order valence-electron chi connectivity index (χ2n) is 4.96. The fourth-order valence-electron chi connectivity index (χ4n) is 2.34. The van der Waals surface area contributed by atoms with Crippen LogP contribution in [0.1, 0.15) is 35.9 Å². The molecule has 1 aromatic heterocycles. The van der Waals surface area contributed by atoms with Crippen LogP contribution >= 0.6 is 0 Å². The number of aromatic nitrogens is 2. The summed E-state index contributed by atoms with van der Waals surface area (Å²) in [5, 5.41) is 0. The maximum absolute atomic E-state index is 12.3. The zero-order valence-corrected chi connectivity index (χ0v) is 11.6. The number of piperidine rings is 1. The van der Waals surface area contributed by atoms with Gasteiger partial charge in [0.15, 0.2) is 0 Å². The molecule has 0 saturated carbocycles. The van der Waals surface area contributed by atoms with Crippen LogP contribution in [0, 0.1) is 12.8 Å². The van der Waals surface area contributed by atoms with Crippen LogP contribution < -0.4 is 0 Å². The van der Waals surface area contributed by atoms with Crippen LogP contribution in [0.15, 0.2) is 12.4 Å². The Hall–Kier alpha value is -1.49. The summed E-state index contributed by atoms with van der Waals surface area (Å²) in [6, 6.07) is 0. The molecular formula is C14H21N3O2. The van der Waals surface area contributed by atoms with Crippen molar-refractivity contribution < 1.29 is 9.53 Å². The molecule has 0 aliphatic carbocycles. The highest BCUT2D eigenvalue weighted by molar-refractivity contribution is 5.92. The molecule has 1 unspecified atom stereocenters. The number of carbonyl (C=O) groups excluding carboxylic acids is 1. The van der Waals surface area contributed by atoms with Gasteiger partial charge < -0.3 is 9.64 Å². The number of carbonyl (C=O) groups is 1. The molecule has 5 nitrogen and oxygen atoms in total. The van der Waals surface area contributed by atoms with Gasteiger partial charge in [-0.3, -0.25) is 9.78 Å². The monoisotopic (exact) mass is 263 g/mol. The fourth-order valence-corrected chi connectivity index (χ4v) is 2.34. The second kappa shape index (κ2) is 6.61. The first-order valence-corrected chi connectivity index (χ1v) is 6.86. The van der Waals surface area contributed by atoms with E-state index in [9.17, 15) is 4.79 Å². The molecule has 1 aliphatic rings. The van der Waals surface area contributed by atoms with Gasteiger partial charge in [-0.1, -0.05) is 0 Å². The van der Waals surface area contributed by atoms with Crippen LogP contribution in [0.25, 0.3) is 0 Å². The predicted octanol–water partition coefficient (Wildman–Crippen LogP) is 1.67. The van der Waals surface area contributed by atoms with E-state index in [-0.39, 0.29) is 5.91 Å². The molecule has 1 aliphatic heterocycles. The number of likely N-dealkylation sites (tertiary alicyclic amines) is 1. The third-order valence-corrected chi connectivity index (χ3v) is 3.36. The highest BCUT2D eigenvalue weighted by Crippen LogP contribution is 2.18. The number of amides is 1. The molecular weight excluding hydrogens is 242 g/mol. The van der Waals surface area contributed by atoms with E-state index in [1.165, 1.54) is 0 Å². The van der Waals surface area contributed by atoms with Crippen molar-refractivity contribution in [2.24, 2.45) is 5.92 Å². The molecule has 2 heterocycles. The largest absolute Gasteiger partial charge is 0.381 e. The second-order valence-corrected chi connectivity index (χ2v) is 4.96. The first-order chi connectivity index (χ1) is 9.20. The van der Waals surface area contributed by atoms with Crippen molar-refractivity contribution in [3.05, 3.63) is 23.8 Å². The fraction of sp³-hybridized carbons (Fsp3) is 0.643. The lowest BCUT2D eigenvalue weighted by Gasteiger charge is -2.32. The van der Waals surface area contributed by atoms with Gasteiger partial charge >= 0.3 is 0 Å². The van der Waals surface area contributed by atoms with Crippen LogP contribution in [-0.4, -0.2) is 47.1 Å². The number of rotatable bonds is 4. The van der Waals surface area contributed by atoms with E-state index in [1.807, 2.05) is 18.7 Å². The topological polar surface area (TPSA) is 55.3 Å². The van der Waals surface area contributed by atoms with Crippen LogP contribution in [0.3, 0.4) is 0 Å². The average molecular weight is 263 g/mol. The van der Waals surface area contributed by atoms with Gasteiger partial charge in [-0.05, 0) is 32.6 Å². The van der Waals surface area contributed by atoms with Gasteiger partial charge in [0.25, 0.3) is 5.91 Å². The smallest absolute Gasteiger partial charge is 0.274 e. The molecule has 1 saturated heterocycles. The number of ether oxygens (including phenoxy) is 1. The molecule has 0 radical (unpaired) electrons. The van der Waals surface area contributed by atoms with Crippen molar-refractivity contribution in [2.75, 3.05) is 26.3 Å². The van der Waals surface area contributed by atoms with Crippen molar-refractivity contribution in [2.45, 2.75) is 26.7 Å². The highest BCUT2D eigenvalue weighted by atomic mass is 16.5. The van der Waals surface area contributed by atoms with Gasteiger partial charge in [0.2, 0.25) is 0 Å². The SMILES string of the molecule is CCOCC1CCCN(C(=O)c2cnc(C)cn2)C1. The number of nitrogens with zero attached hydrogens (tertiary/aromatic N) is 3. The Bertz CT molecular complexity index is 419. The van der Waals surface area contributed by atoms with Gasteiger partial charge in [0.05, 0.1) is 18.5 Å². The zero-order valence-electron chi connectivity index (χ0n) is 11.6. The molecule has 1 amide bonds. The van der Waals surface area contributed by atoms with Crippen LogP contribution in [0.4, 0.5) is 0 Å². The Morgan fingerprint density at radius 2 is 2.32 bits per heavy atom. The van der Waals surface area contributed by atoms with Crippen LogP contribution in [0.2, 0.25) is 0 Å². The Balaban J connectivity index is 1.96. The van der Waals surface area contributed by atoms with Gasteiger partial charge in [-0.15, -0.1) is 0 Å². The minimum atomic E-state index is -0.0197. The lowest BCUT2D eigenvalue weighted by atomic mass is 9.99. The summed E-state index contributed by atoms with van der Waals surface area (Å²) in [6.07, 6.45) is 5.35. The molecule has 1 fully saturated rings. The first kappa shape index (κ1) is 13.9. The molecule has 5 heteroatoms. The van der Waals surface area contributed by atoms with Crippen LogP contribution in [0.5, 0.6) is 0 Å². The van der Waals surface area contributed by atoms with E-state index in [0.717, 1.165) is 44.8 Å². The number of hydrogen-bond acceptors (Lipinski definition) is 4. The van der Waals surface area contributed by atoms with Gasteiger partial charge in [0.1, 0.15) is 5.69 Å². The summed E-state index contributed by atoms with van der Waals surface area (Å²) in [4.78, 5) is 22.5. The Morgan fingerprint density at radius 1 is 1.47 bits per heavy atom. The Kier molecular flexibility index (Phi) is 4.85. The molecule has 0 aromatic carbocycles.